The summed E-state index contributed by atoms with van der Waals surface area (Å²) in [4.78, 5) is 19.7. The zero-order chi connectivity index (χ0) is 22.8. The third-order valence-electron chi connectivity index (χ3n) is 5.10. The summed E-state index contributed by atoms with van der Waals surface area (Å²) in [5.74, 6) is 1.31. The van der Waals surface area contributed by atoms with Crippen LogP contribution in [0.1, 0.15) is 30.5 Å². The average Bonchev–Trinajstić information content (AvgIpc) is 3.21. The normalized spacial score (nSPS) is 11.4. The van der Waals surface area contributed by atoms with Gasteiger partial charge in [0.05, 0.1) is 6.54 Å². The van der Waals surface area contributed by atoms with Gasteiger partial charge in [0.15, 0.2) is 12.6 Å². The van der Waals surface area contributed by atoms with Crippen molar-refractivity contribution in [2.75, 3.05) is 26.2 Å². The fourth-order valence-electron chi connectivity index (χ4n) is 3.53. The van der Waals surface area contributed by atoms with Gasteiger partial charge in [-0.2, -0.15) is 0 Å². The van der Waals surface area contributed by atoms with Crippen LogP contribution in [0.3, 0.4) is 0 Å². The van der Waals surface area contributed by atoms with Gasteiger partial charge >= 0.3 is 0 Å². The van der Waals surface area contributed by atoms with E-state index in [9.17, 15) is 4.79 Å². The average molecular weight is 436 g/mol. The monoisotopic (exact) mass is 435 g/mol. The molecule has 0 aliphatic carbocycles. The number of rotatable bonds is 10. The van der Waals surface area contributed by atoms with E-state index in [2.05, 4.69) is 59.2 Å². The van der Waals surface area contributed by atoms with Crippen molar-refractivity contribution in [3.05, 3.63) is 65.4 Å². The fraction of sp³-hybridized carbons (Fsp3) is 0.360. The van der Waals surface area contributed by atoms with E-state index in [1.54, 1.807) is 0 Å². The van der Waals surface area contributed by atoms with Gasteiger partial charge in [0, 0.05) is 36.7 Å². The molecular formula is C25H33N5O2. The highest BCUT2D eigenvalue weighted by Crippen LogP contribution is 2.21. The van der Waals surface area contributed by atoms with Gasteiger partial charge in [-0.1, -0.05) is 30.3 Å². The van der Waals surface area contributed by atoms with Crippen LogP contribution in [0, 0.1) is 6.92 Å². The molecule has 0 saturated heterocycles. The minimum Gasteiger partial charge on any atom is -0.484 e. The van der Waals surface area contributed by atoms with Crippen LogP contribution in [0.4, 0.5) is 0 Å². The fourth-order valence-corrected chi connectivity index (χ4v) is 3.53. The van der Waals surface area contributed by atoms with E-state index < -0.39 is 0 Å². The van der Waals surface area contributed by atoms with Gasteiger partial charge in [0.2, 0.25) is 0 Å². The van der Waals surface area contributed by atoms with E-state index in [1.807, 2.05) is 31.2 Å². The summed E-state index contributed by atoms with van der Waals surface area (Å²) in [5, 5.41) is 10.7. The van der Waals surface area contributed by atoms with E-state index in [0.29, 0.717) is 18.8 Å². The Balaban J connectivity index is 1.56. The molecule has 1 amide bonds. The zero-order valence-electron chi connectivity index (χ0n) is 19.1. The second kappa shape index (κ2) is 11.8. The smallest absolute Gasteiger partial charge is 0.257 e. The number of aryl methyl sites for hydroxylation is 1. The maximum Gasteiger partial charge on any atom is 0.257 e. The summed E-state index contributed by atoms with van der Waals surface area (Å²) in [7, 11) is 0. The number of carbonyl (C=O) groups is 1. The molecule has 3 rings (SSSR count). The summed E-state index contributed by atoms with van der Waals surface area (Å²) >= 11 is 0. The molecular weight excluding hydrogens is 402 g/mol. The number of hydrogen-bond acceptors (Lipinski definition) is 3. The Kier molecular flexibility index (Phi) is 8.54. The molecule has 0 radical (unpaired) electrons. The van der Waals surface area contributed by atoms with Crippen molar-refractivity contribution in [1.29, 1.82) is 0 Å². The van der Waals surface area contributed by atoms with Crippen LogP contribution in [0.15, 0.2) is 53.7 Å². The second-order valence-corrected chi connectivity index (χ2v) is 7.57. The number of carbonyl (C=O) groups excluding carboxylic acids is 1. The summed E-state index contributed by atoms with van der Waals surface area (Å²) in [6, 6.07) is 14.1. The highest BCUT2D eigenvalue weighted by Gasteiger charge is 2.06. The van der Waals surface area contributed by atoms with Crippen LogP contribution >= 0.6 is 0 Å². The molecule has 170 valence electrons. The SMILES string of the molecule is CCNC(=O)COc1cccc(CN=C(NCC)NCCc2c[nH]c3c(C)cccc23)c1. The molecule has 2 aromatic carbocycles. The number of likely N-dealkylation sites (N-methyl/N-ethyl adjacent to an activating group) is 1. The van der Waals surface area contributed by atoms with Gasteiger partial charge in [-0.3, -0.25) is 4.79 Å². The third-order valence-corrected chi connectivity index (χ3v) is 5.10. The van der Waals surface area contributed by atoms with Crippen LogP contribution in [-0.2, 0) is 17.8 Å². The minimum absolute atomic E-state index is 0.0120. The van der Waals surface area contributed by atoms with Crippen molar-refractivity contribution in [1.82, 2.24) is 20.9 Å². The van der Waals surface area contributed by atoms with Crippen LogP contribution in [-0.4, -0.2) is 43.1 Å². The molecule has 0 atom stereocenters. The molecule has 1 heterocycles. The number of nitrogens with one attached hydrogen (secondary N) is 4. The molecule has 4 N–H and O–H groups in total. The number of amides is 1. The number of benzene rings is 2. The van der Waals surface area contributed by atoms with Crippen molar-refractivity contribution in [2.24, 2.45) is 4.99 Å². The summed E-state index contributed by atoms with van der Waals surface area (Å²) in [6.45, 7) is 8.74. The van der Waals surface area contributed by atoms with E-state index >= 15 is 0 Å². The first-order valence-electron chi connectivity index (χ1n) is 11.2. The van der Waals surface area contributed by atoms with Crippen LogP contribution in [0.2, 0.25) is 0 Å². The standard InChI is InChI=1S/C25H33N5O2/c1-4-26-23(31)17-32-21-10-7-9-19(14-21)15-30-25(27-5-2)28-13-12-20-16-29-24-18(3)8-6-11-22(20)24/h6-11,14,16,29H,4-5,12-13,15,17H2,1-3H3,(H,26,31)(H2,27,28,30). The number of guanidine groups is 1. The number of hydrogen-bond donors (Lipinski definition) is 4. The van der Waals surface area contributed by atoms with Gasteiger partial charge in [-0.05, 0) is 56.0 Å². The van der Waals surface area contributed by atoms with Crippen molar-refractivity contribution < 1.29 is 9.53 Å². The number of nitrogens with zero attached hydrogens (tertiary/aromatic N) is 1. The quantitative estimate of drug-likeness (QED) is 0.291. The number of aromatic nitrogens is 1. The van der Waals surface area contributed by atoms with Crippen molar-refractivity contribution in [3.8, 4) is 5.75 Å². The topological polar surface area (TPSA) is 90.5 Å². The van der Waals surface area contributed by atoms with Gasteiger partial charge in [-0.15, -0.1) is 0 Å². The summed E-state index contributed by atoms with van der Waals surface area (Å²) < 4.78 is 5.57. The minimum atomic E-state index is -0.125. The Bertz CT molecular complexity index is 1060. The Morgan fingerprint density at radius 1 is 1.06 bits per heavy atom. The molecule has 0 fully saturated rings. The van der Waals surface area contributed by atoms with E-state index in [-0.39, 0.29) is 12.5 Å². The Hall–Kier alpha value is -3.48. The lowest BCUT2D eigenvalue weighted by Crippen LogP contribution is -2.38. The molecule has 0 unspecified atom stereocenters. The number of para-hydroxylation sites is 1. The molecule has 1 aromatic heterocycles. The lowest BCUT2D eigenvalue weighted by Gasteiger charge is -2.12. The van der Waals surface area contributed by atoms with Crippen molar-refractivity contribution in [2.45, 2.75) is 33.7 Å². The maximum absolute atomic E-state index is 11.6. The highest BCUT2D eigenvalue weighted by atomic mass is 16.5. The van der Waals surface area contributed by atoms with Gasteiger partial charge in [0.25, 0.3) is 5.91 Å². The first-order chi connectivity index (χ1) is 15.6. The highest BCUT2D eigenvalue weighted by molar-refractivity contribution is 5.86. The summed E-state index contributed by atoms with van der Waals surface area (Å²) in [6.07, 6.45) is 2.99. The number of ether oxygens (including phenoxy) is 1. The first-order valence-corrected chi connectivity index (χ1v) is 11.2. The largest absolute Gasteiger partial charge is 0.484 e. The van der Waals surface area contributed by atoms with Crippen molar-refractivity contribution >= 4 is 22.8 Å². The molecule has 3 aromatic rings. The Labute approximate surface area is 189 Å². The molecule has 0 spiro atoms. The van der Waals surface area contributed by atoms with E-state index in [1.165, 1.54) is 22.0 Å². The Morgan fingerprint density at radius 2 is 1.88 bits per heavy atom. The molecule has 0 saturated carbocycles. The van der Waals surface area contributed by atoms with E-state index in [0.717, 1.165) is 31.0 Å². The lowest BCUT2D eigenvalue weighted by molar-refractivity contribution is -0.122. The molecule has 7 heteroatoms. The molecule has 32 heavy (non-hydrogen) atoms. The number of fused-ring (bicyclic) bond motifs is 1. The van der Waals surface area contributed by atoms with Crippen LogP contribution < -0.4 is 20.7 Å². The summed E-state index contributed by atoms with van der Waals surface area (Å²) in [5.41, 5.74) is 4.78. The van der Waals surface area contributed by atoms with Crippen molar-refractivity contribution in [3.63, 3.8) is 0 Å². The number of aliphatic imine (C=N–C) groups is 1. The third kappa shape index (κ3) is 6.51. The molecule has 0 aliphatic heterocycles. The van der Waals surface area contributed by atoms with E-state index in [4.69, 9.17) is 9.73 Å². The Morgan fingerprint density at radius 3 is 2.69 bits per heavy atom. The van der Waals surface area contributed by atoms with Crippen LogP contribution in [0.25, 0.3) is 10.9 Å². The predicted molar refractivity (Wildman–Crippen MR) is 130 cm³/mol. The second-order valence-electron chi connectivity index (χ2n) is 7.57. The molecule has 0 aliphatic rings. The molecule has 0 bridgehead atoms. The van der Waals surface area contributed by atoms with Crippen LogP contribution in [0.5, 0.6) is 5.75 Å². The molecule has 7 nitrogen and oxygen atoms in total. The lowest BCUT2D eigenvalue weighted by atomic mass is 10.1. The maximum atomic E-state index is 11.6. The van der Waals surface area contributed by atoms with Gasteiger partial charge < -0.3 is 25.7 Å². The van der Waals surface area contributed by atoms with Gasteiger partial charge in [0.1, 0.15) is 5.75 Å². The zero-order valence-corrected chi connectivity index (χ0v) is 19.1. The van der Waals surface area contributed by atoms with Gasteiger partial charge in [-0.25, -0.2) is 4.99 Å². The first kappa shape index (κ1) is 23.2. The predicted octanol–water partition coefficient (Wildman–Crippen LogP) is 3.29. The number of H-pyrrole nitrogens is 1. The number of aromatic amines is 1.